The van der Waals surface area contributed by atoms with E-state index in [1.807, 2.05) is 18.3 Å². The van der Waals surface area contributed by atoms with Crippen molar-refractivity contribution >= 4 is 5.65 Å². The molecule has 5 nitrogen and oxygen atoms in total. The van der Waals surface area contributed by atoms with Crippen molar-refractivity contribution in [2.45, 2.75) is 25.8 Å². The Kier molecular flexibility index (Phi) is 4.66. The molecule has 0 aromatic carbocycles. The number of rotatable bonds is 7. The quantitative estimate of drug-likeness (QED) is 0.802. The van der Waals surface area contributed by atoms with E-state index in [9.17, 15) is 0 Å². The molecule has 0 aliphatic heterocycles. The number of aromatic nitrogens is 3. The minimum Gasteiger partial charge on any atom is -0.383 e. The molecule has 2 heterocycles. The van der Waals surface area contributed by atoms with Crippen LogP contribution in [0, 0.1) is 0 Å². The van der Waals surface area contributed by atoms with Gasteiger partial charge in [-0.05, 0) is 19.0 Å². The largest absolute Gasteiger partial charge is 0.383 e. The first-order valence-electron chi connectivity index (χ1n) is 6.35. The molecule has 1 atom stereocenters. The van der Waals surface area contributed by atoms with Gasteiger partial charge in [-0.15, -0.1) is 0 Å². The molecule has 0 fully saturated rings. The Bertz CT molecular complexity index is 483. The van der Waals surface area contributed by atoms with Crippen LogP contribution in [0.2, 0.25) is 0 Å². The fourth-order valence-electron chi connectivity index (χ4n) is 1.96. The monoisotopic (exact) mass is 248 g/mol. The number of hydrogen-bond donors (Lipinski definition) is 1. The zero-order chi connectivity index (χ0) is 12.8. The molecule has 0 bridgehead atoms. The van der Waals surface area contributed by atoms with Crippen LogP contribution in [0.25, 0.3) is 5.65 Å². The molecular formula is C13H20N4O. The molecule has 0 aliphatic rings. The highest BCUT2D eigenvalue weighted by Gasteiger charge is 2.10. The lowest BCUT2D eigenvalue weighted by atomic mass is 10.1. The van der Waals surface area contributed by atoms with Crippen LogP contribution < -0.4 is 5.32 Å². The molecule has 2 rings (SSSR count). The van der Waals surface area contributed by atoms with Gasteiger partial charge in [-0.2, -0.15) is 5.10 Å². The van der Waals surface area contributed by atoms with E-state index < -0.39 is 0 Å². The third-order valence-corrected chi connectivity index (χ3v) is 2.82. The summed E-state index contributed by atoms with van der Waals surface area (Å²) in [6.45, 7) is 3.86. The maximum atomic E-state index is 5.24. The predicted molar refractivity (Wildman–Crippen MR) is 70.6 cm³/mol. The summed E-state index contributed by atoms with van der Waals surface area (Å²) >= 11 is 0. The van der Waals surface area contributed by atoms with Gasteiger partial charge in [0.05, 0.1) is 12.8 Å². The first kappa shape index (κ1) is 13.0. The maximum Gasteiger partial charge on any atom is 0.155 e. The topological polar surface area (TPSA) is 51.5 Å². The molecule has 1 unspecified atom stereocenters. The lowest BCUT2D eigenvalue weighted by molar-refractivity contribution is 0.165. The van der Waals surface area contributed by atoms with Crippen LogP contribution in [-0.4, -0.2) is 40.9 Å². The lowest BCUT2D eigenvalue weighted by Crippen LogP contribution is -2.35. The number of hydrogen-bond acceptors (Lipinski definition) is 4. The van der Waals surface area contributed by atoms with Crippen molar-refractivity contribution in [2.75, 3.05) is 20.3 Å². The molecule has 1 N–H and O–H groups in total. The maximum absolute atomic E-state index is 5.24. The van der Waals surface area contributed by atoms with E-state index in [1.165, 1.54) is 0 Å². The van der Waals surface area contributed by atoms with Gasteiger partial charge in [0.2, 0.25) is 0 Å². The van der Waals surface area contributed by atoms with E-state index in [0.29, 0.717) is 12.6 Å². The molecule has 2 aromatic rings. The fourth-order valence-corrected chi connectivity index (χ4v) is 1.96. The summed E-state index contributed by atoms with van der Waals surface area (Å²) in [7, 11) is 1.73. The molecule has 0 spiro atoms. The first-order valence-corrected chi connectivity index (χ1v) is 6.35. The molecule has 5 heteroatoms. The Balaban J connectivity index is 2.04. The number of methoxy groups -OCH3 is 1. The summed E-state index contributed by atoms with van der Waals surface area (Å²) in [6, 6.07) is 4.23. The van der Waals surface area contributed by atoms with E-state index >= 15 is 0 Å². The van der Waals surface area contributed by atoms with Crippen molar-refractivity contribution in [1.29, 1.82) is 0 Å². The van der Waals surface area contributed by atoms with Gasteiger partial charge in [-0.25, -0.2) is 9.50 Å². The first-order chi connectivity index (χ1) is 8.83. The number of nitrogens with one attached hydrogen (secondary N) is 1. The number of ether oxygens (including phenoxy) is 1. The van der Waals surface area contributed by atoms with E-state index in [4.69, 9.17) is 4.74 Å². The standard InChI is InChI=1S/C13H20N4O/c1-3-6-14-12(10-18-2)9-11-5-8-17-13(16-11)4-7-15-17/h4-5,7-8,12,14H,3,6,9-10H2,1-2H3. The highest BCUT2D eigenvalue weighted by molar-refractivity contribution is 5.36. The molecule has 0 saturated heterocycles. The normalized spacial score (nSPS) is 13.0. The second kappa shape index (κ2) is 6.47. The Labute approximate surface area is 107 Å². The fraction of sp³-hybridized carbons (Fsp3) is 0.538. The van der Waals surface area contributed by atoms with Crippen molar-refractivity contribution < 1.29 is 4.74 Å². The third kappa shape index (κ3) is 3.27. The van der Waals surface area contributed by atoms with Crippen LogP contribution in [0.3, 0.4) is 0 Å². The van der Waals surface area contributed by atoms with Crippen LogP contribution in [0.4, 0.5) is 0 Å². The number of nitrogens with zero attached hydrogens (tertiary/aromatic N) is 3. The van der Waals surface area contributed by atoms with Gasteiger partial charge < -0.3 is 10.1 Å². The summed E-state index contributed by atoms with van der Waals surface area (Å²) < 4.78 is 7.01. The highest BCUT2D eigenvalue weighted by Crippen LogP contribution is 2.04. The van der Waals surface area contributed by atoms with Crippen molar-refractivity contribution in [3.8, 4) is 0 Å². The molecule has 0 saturated carbocycles. The molecular weight excluding hydrogens is 228 g/mol. The average Bonchev–Trinajstić information content (AvgIpc) is 2.83. The summed E-state index contributed by atoms with van der Waals surface area (Å²) in [5.41, 5.74) is 1.95. The van der Waals surface area contributed by atoms with Gasteiger partial charge in [0.15, 0.2) is 5.65 Å². The van der Waals surface area contributed by atoms with Gasteiger partial charge in [0, 0.05) is 37.5 Å². The van der Waals surface area contributed by atoms with Crippen LogP contribution in [-0.2, 0) is 11.2 Å². The van der Waals surface area contributed by atoms with Crippen LogP contribution >= 0.6 is 0 Å². The lowest BCUT2D eigenvalue weighted by Gasteiger charge is -2.17. The van der Waals surface area contributed by atoms with Crippen molar-refractivity contribution in [2.24, 2.45) is 0 Å². The molecule has 2 aromatic heterocycles. The summed E-state index contributed by atoms with van der Waals surface area (Å²) in [6.07, 6.45) is 5.69. The van der Waals surface area contributed by atoms with Crippen LogP contribution in [0.5, 0.6) is 0 Å². The Morgan fingerprint density at radius 1 is 1.44 bits per heavy atom. The van der Waals surface area contributed by atoms with E-state index in [2.05, 4.69) is 22.3 Å². The van der Waals surface area contributed by atoms with Crippen molar-refractivity contribution in [1.82, 2.24) is 19.9 Å². The second-order valence-electron chi connectivity index (χ2n) is 4.36. The molecule has 0 radical (unpaired) electrons. The van der Waals surface area contributed by atoms with Gasteiger partial charge in [-0.1, -0.05) is 6.92 Å². The zero-order valence-corrected chi connectivity index (χ0v) is 11.0. The smallest absolute Gasteiger partial charge is 0.155 e. The average molecular weight is 248 g/mol. The van der Waals surface area contributed by atoms with Crippen LogP contribution in [0.15, 0.2) is 24.5 Å². The van der Waals surface area contributed by atoms with Gasteiger partial charge in [0.1, 0.15) is 0 Å². The molecule has 0 aliphatic carbocycles. The van der Waals surface area contributed by atoms with E-state index in [1.54, 1.807) is 17.8 Å². The Morgan fingerprint density at radius 2 is 2.33 bits per heavy atom. The second-order valence-corrected chi connectivity index (χ2v) is 4.36. The van der Waals surface area contributed by atoms with Gasteiger partial charge in [-0.3, -0.25) is 0 Å². The molecule has 0 amide bonds. The Morgan fingerprint density at radius 3 is 3.11 bits per heavy atom. The Hall–Kier alpha value is -1.46. The van der Waals surface area contributed by atoms with Crippen molar-refractivity contribution in [3.05, 3.63) is 30.2 Å². The van der Waals surface area contributed by atoms with E-state index in [0.717, 1.165) is 30.7 Å². The van der Waals surface area contributed by atoms with E-state index in [-0.39, 0.29) is 0 Å². The minimum atomic E-state index is 0.313. The summed E-state index contributed by atoms with van der Waals surface area (Å²) in [4.78, 5) is 4.57. The molecule has 98 valence electrons. The molecule has 18 heavy (non-hydrogen) atoms. The SMILES string of the molecule is CCCNC(COC)Cc1ccn2nccc2n1. The van der Waals surface area contributed by atoms with Crippen molar-refractivity contribution in [3.63, 3.8) is 0 Å². The van der Waals surface area contributed by atoms with Crippen LogP contribution in [0.1, 0.15) is 19.0 Å². The summed E-state index contributed by atoms with van der Waals surface area (Å²) in [5.74, 6) is 0. The third-order valence-electron chi connectivity index (χ3n) is 2.82. The summed E-state index contributed by atoms with van der Waals surface area (Å²) in [5, 5.41) is 7.61. The van der Waals surface area contributed by atoms with Gasteiger partial charge >= 0.3 is 0 Å². The minimum absolute atomic E-state index is 0.313. The predicted octanol–water partition coefficient (Wildman–Crippen LogP) is 1.29. The number of fused-ring (bicyclic) bond motifs is 1. The zero-order valence-electron chi connectivity index (χ0n) is 11.0. The van der Waals surface area contributed by atoms with Gasteiger partial charge in [0.25, 0.3) is 0 Å². The highest BCUT2D eigenvalue weighted by atomic mass is 16.5.